The van der Waals surface area contributed by atoms with Gasteiger partial charge in [-0.05, 0) is 76.3 Å². The van der Waals surface area contributed by atoms with Crippen LogP contribution in [0.3, 0.4) is 0 Å². The maximum Gasteiger partial charge on any atom is 0.270 e. The SMILES string of the molecule is Cc1cc2nc(N(CCCN(C)C)C(=O)c3ccc(Cl)s3)sc2cc1C. The fourth-order valence-corrected chi connectivity index (χ4v) is 4.74. The van der Waals surface area contributed by atoms with Gasteiger partial charge in [0.1, 0.15) is 0 Å². The summed E-state index contributed by atoms with van der Waals surface area (Å²) in [6.07, 6.45) is 0.881. The van der Waals surface area contributed by atoms with Gasteiger partial charge in [0.05, 0.1) is 19.4 Å². The molecular weight excluding hydrogens is 386 g/mol. The van der Waals surface area contributed by atoms with Gasteiger partial charge in [-0.1, -0.05) is 22.9 Å². The van der Waals surface area contributed by atoms with Gasteiger partial charge in [0.2, 0.25) is 0 Å². The van der Waals surface area contributed by atoms with Crippen LogP contribution in [0.15, 0.2) is 24.3 Å². The molecule has 4 nitrogen and oxygen atoms in total. The number of rotatable bonds is 6. The lowest BCUT2D eigenvalue weighted by molar-refractivity contribution is 0.0990. The summed E-state index contributed by atoms with van der Waals surface area (Å²) in [4.78, 5) is 22.4. The zero-order chi connectivity index (χ0) is 18.8. The summed E-state index contributed by atoms with van der Waals surface area (Å²) in [5.74, 6) is -0.0341. The number of anilines is 1. The van der Waals surface area contributed by atoms with E-state index in [1.165, 1.54) is 22.5 Å². The van der Waals surface area contributed by atoms with Gasteiger partial charge in [-0.25, -0.2) is 4.98 Å². The minimum Gasteiger partial charge on any atom is -0.309 e. The fraction of sp³-hybridized carbons (Fsp3) is 0.368. The van der Waals surface area contributed by atoms with E-state index in [4.69, 9.17) is 16.6 Å². The summed E-state index contributed by atoms with van der Waals surface area (Å²) in [6.45, 7) is 5.73. The molecule has 0 fully saturated rings. The molecule has 0 aliphatic rings. The molecule has 138 valence electrons. The number of thiophene rings is 1. The molecule has 1 aromatic carbocycles. The lowest BCUT2D eigenvalue weighted by Crippen LogP contribution is -2.32. The van der Waals surface area contributed by atoms with Crippen LogP contribution in [0.5, 0.6) is 0 Å². The molecule has 0 aliphatic heterocycles. The van der Waals surface area contributed by atoms with Crippen molar-refractivity contribution in [2.75, 3.05) is 32.1 Å². The molecule has 0 N–H and O–H groups in total. The minimum atomic E-state index is -0.0341. The molecule has 0 spiro atoms. The van der Waals surface area contributed by atoms with Gasteiger partial charge in [-0.2, -0.15) is 0 Å². The highest BCUT2D eigenvalue weighted by molar-refractivity contribution is 7.22. The zero-order valence-electron chi connectivity index (χ0n) is 15.4. The van der Waals surface area contributed by atoms with Crippen molar-refractivity contribution in [1.82, 2.24) is 9.88 Å². The Hall–Kier alpha value is -1.47. The smallest absolute Gasteiger partial charge is 0.270 e. The summed E-state index contributed by atoms with van der Waals surface area (Å²) in [6, 6.07) is 7.80. The van der Waals surface area contributed by atoms with Crippen molar-refractivity contribution in [1.29, 1.82) is 0 Å². The number of amides is 1. The number of fused-ring (bicyclic) bond motifs is 1. The lowest BCUT2D eigenvalue weighted by atomic mass is 10.1. The van der Waals surface area contributed by atoms with Crippen LogP contribution in [0.1, 0.15) is 27.2 Å². The number of hydrogen-bond donors (Lipinski definition) is 0. The second-order valence-corrected chi connectivity index (χ2v) is 9.34. The quantitative estimate of drug-likeness (QED) is 0.561. The molecule has 0 atom stereocenters. The number of aryl methyl sites for hydroxylation is 2. The van der Waals surface area contributed by atoms with Gasteiger partial charge in [0.25, 0.3) is 5.91 Å². The average molecular weight is 408 g/mol. The molecule has 0 bridgehead atoms. The van der Waals surface area contributed by atoms with Crippen molar-refractivity contribution in [2.45, 2.75) is 20.3 Å². The molecule has 1 amide bonds. The molecule has 3 rings (SSSR count). The second-order valence-electron chi connectivity index (χ2n) is 6.62. The predicted octanol–water partition coefficient (Wildman–Crippen LogP) is 5.23. The summed E-state index contributed by atoms with van der Waals surface area (Å²) < 4.78 is 1.73. The molecule has 0 aliphatic carbocycles. The first-order valence-electron chi connectivity index (χ1n) is 8.45. The van der Waals surface area contributed by atoms with Crippen LogP contribution >= 0.6 is 34.3 Å². The van der Waals surface area contributed by atoms with Crippen LogP contribution in [0.2, 0.25) is 4.34 Å². The molecule has 0 radical (unpaired) electrons. The highest BCUT2D eigenvalue weighted by Crippen LogP contribution is 2.33. The standard InChI is InChI=1S/C19H22ClN3OS2/c1-12-10-14-16(11-13(12)2)26-19(21-14)23(9-5-8-22(3)4)18(24)15-6-7-17(20)25-15/h6-7,10-11H,5,8-9H2,1-4H3. The first-order chi connectivity index (χ1) is 12.3. The predicted molar refractivity (Wildman–Crippen MR) is 113 cm³/mol. The Morgan fingerprint density at radius 3 is 2.50 bits per heavy atom. The van der Waals surface area contributed by atoms with Gasteiger partial charge in [0, 0.05) is 6.54 Å². The number of halogens is 1. The lowest BCUT2D eigenvalue weighted by Gasteiger charge is -2.20. The van der Waals surface area contributed by atoms with E-state index in [0.29, 0.717) is 15.8 Å². The van der Waals surface area contributed by atoms with Crippen molar-refractivity contribution in [3.8, 4) is 0 Å². The number of hydrogen-bond acceptors (Lipinski definition) is 5. The number of carbonyl (C=O) groups excluding carboxylic acids is 1. The maximum atomic E-state index is 13.1. The highest BCUT2D eigenvalue weighted by atomic mass is 35.5. The molecule has 2 heterocycles. The van der Waals surface area contributed by atoms with Crippen LogP contribution in [0.4, 0.5) is 5.13 Å². The Morgan fingerprint density at radius 1 is 1.12 bits per heavy atom. The van der Waals surface area contributed by atoms with Gasteiger partial charge >= 0.3 is 0 Å². The topological polar surface area (TPSA) is 36.4 Å². The molecule has 0 saturated carbocycles. The minimum absolute atomic E-state index is 0.0341. The zero-order valence-corrected chi connectivity index (χ0v) is 17.8. The summed E-state index contributed by atoms with van der Waals surface area (Å²) >= 11 is 8.91. The molecular formula is C19H22ClN3OS2. The third kappa shape index (κ3) is 4.26. The van der Waals surface area contributed by atoms with E-state index in [2.05, 4.69) is 30.9 Å². The van der Waals surface area contributed by atoms with Crippen molar-refractivity contribution in [3.63, 3.8) is 0 Å². The van der Waals surface area contributed by atoms with Gasteiger partial charge in [-0.3, -0.25) is 9.69 Å². The highest BCUT2D eigenvalue weighted by Gasteiger charge is 2.22. The van der Waals surface area contributed by atoms with Crippen LogP contribution in [0, 0.1) is 13.8 Å². The Morgan fingerprint density at radius 2 is 1.85 bits per heavy atom. The van der Waals surface area contributed by atoms with E-state index in [-0.39, 0.29) is 5.91 Å². The summed E-state index contributed by atoms with van der Waals surface area (Å²) in [7, 11) is 4.07. The number of aromatic nitrogens is 1. The number of thiazole rings is 1. The average Bonchev–Trinajstić information content (AvgIpc) is 3.17. The third-order valence-electron chi connectivity index (χ3n) is 4.24. The fourth-order valence-electron chi connectivity index (χ4n) is 2.67. The third-order valence-corrected chi connectivity index (χ3v) is 6.50. The van der Waals surface area contributed by atoms with E-state index in [1.807, 2.05) is 14.1 Å². The Labute approximate surface area is 167 Å². The molecule has 7 heteroatoms. The molecule has 0 saturated heterocycles. The maximum absolute atomic E-state index is 13.1. The summed E-state index contributed by atoms with van der Waals surface area (Å²) in [5, 5.41) is 0.748. The van der Waals surface area contributed by atoms with E-state index < -0.39 is 0 Å². The van der Waals surface area contributed by atoms with Crippen LogP contribution in [0.25, 0.3) is 10.2 Å². The molecule has 0 unspecified atom stereocenters. The number of carbonyl (C=O) groups is 1. The van der Waals surface area contributed by atoms with Gasteiger partial charge < -0.3 is 4.90 Å². The first kappa shape index (κ1) is 19.3. The van der Waals surface area contributed by atoms with Crippen molar-refractivity contribution >= 4 is 55.5 Å². The molecule has 26 heavy (non-hydrogen) atoms. The van der Waals surface area contributed by atoms with E-state index in [9.17, 15) is 4.79 Å². The largest absolute Gasteiger partial charge is 0.309 e. The summed E-state index contributed by atoms with van der Waals surface area (Å²) in [5.41, 5.74) is 3.40. The van der Waals surface area contributed by atoms with E-state index >= 15 is 0 Å². The van der Waals surface area contributed by atoms with E-state index in [0.717, 1.165) is 28.3 Å². The monoisotopic (exact) mass is 407 g/mol. The van der Waals surface area contributed by atoms with Gasteiger partial charge in [0.15, 0.2) is 5.13 Å². The molecule has 2 aromatic heterocycles. The van der Waals surface area contributed by atoms with Gasteiger partial charge in [-0.15, -0.1) is 11.3 Å². The Kier molecular flexibility index (Phi) is 5.97. The second kappa shape index (κ2) is 8.05. The number of nitrogens with zero attached hydrogens (tertiary/aromatic N) is 3. The normalized spacial score (nSPS) is 11.5. The Bertz CT molecular complexity index is 893. The van der Waals surface area contributed by atoms with Crippen LogP contribution < -0.4 is 4.90 Å². The number of benzene rings is 1. The van der Waals surface area contributed by atoms with Crippen molar-refractivity contribution in [3.05, 3.63) is 44.6 Å². The van der Waals surface area contributed by atoms with Crippen molar-refractivity contribution < 1.29 is 4.79 Å². The van der Waals surface area contributed by atoms with Crippen LogP contribution in [-0.2, 0) is 0 Å². The first-order valence-corrected chi connectivity index (χ1v) is 10.5. The van der Waals surface area contributed by atoms with E-state index in [1.54, 1.807) is 28.4 Å². The Balaban J connectivity index is 1.95. The van der Waals surface area contributed by atoms with Crippen LogP contribution in [-0.4, -0.2) is 43.0 Å². The molecule has 3 aromatic rings. The van der Waals surface area contributed by atoms with Crippen molar-refractivity contribution in [2.24, 2.45) is 0 Å².